The molecule has 4 heteroatoms. The Labute approximate surface area is 79.0 Å². The lowest BCUT2D eigenvalue weighted by atomic mass is 10.1. The number of methoxy groups -OCH3 is 1. The zero-order valence-corrected chi connectivity index (χ0v) is 8.16. The highest BCUT2D eigenvalue weighted by molar-refractivity contribution is 5.76. The number of piperidine rings is 1. The van der Waals surface area contributed by atoms with Crippen LogP contribution in [0.2, 0.25) is 0 Å². The van der Waals surface area contributed by atoms with Gasteiger partial charge in [0.2, 0.25) is 5.91 Å². The summed E-state index contributed by atoms with van der Waals surface area (Å²) in [4.78, 5) is 13.3. The van der Waals surface area contributed by atoms with E-state index in [0.29, 0.717) is 19.6 Å². The first kappa shape index (κ1) is 10.5. The molecule has 1 unspecified atom stereocenters. The van der Waals surface area contributed by atoms with E-state index in [4.69, 9.17) is 10.5 Å². The first-order valence-corrected chi connectivity index (χ1v) is 4.76. The Bertz CT molecular complexity index is 173. The maximum absolute atomic E-state index is 11.5. The minimum atomic E-state index is 0.164. The van der Waals surface area contributed by atoms with Crippen LogP contribution in [0, 0.1) is 0 Å². The first-order valence-electron chi connectivity index (χ1n) is 4.76. The summed E-state index contributed by atoms with van der Waals surface area (Å²) in [6.45, 7) is 2.07. The number of ether oxygens (including phenoxy) is 1. The van der Waals surface area contributed by atoms with Gasteiger partial charge in [0.25, 0.3) is 0 Å². The van der Waals surface area contributed by atoms with Crippen molar-refractivity contribution in [1.29, 1.82) is 0 Å². The Morgan fingerprint density at radius 2 is 2.46 bits per heavy atom. The largest absolute Gasteiger partial charge is 0.384 e. The summed E-state index contributed by atoms with van der Waals surface area (Å²) in [7, 11) is 1.61. The molecule has 0 aliphatic carbocycles. The van der Waals surface area contributed by atoms with Crippen LogP contribution in [-0.4, -0.2) is 43.7 Å². The van der Waals surface area contributed by atoms with Crippen molar-refractivity contribution in [2.45, 2.75) is 25.3 Å². The lowest BCUT2D eigenvalue weighted by molar-refractivity contribution is -0.133. The van der Waals surface area contributed by atoms with E-state index >= 15 is 0 Å². The molecule has 13 heavy (non-hydrogen) atoms. The summed E-state index contributed by atoms with van der Waals surface area (Å²) < 4.78 is 4.85. The smallest absolute Gasteiger partial charge is 0.224 e. The van der Waals surface area contributed by atoms with Gasteiger partial charge >= 0.3 is 0 Å². The summed E-state index contributed by atoms with van der Waals surface area (Å²) in [5, 5.41) is 0. The maximum atomic E-state index is 11.5. The van der Waals surface area contributed by atoms with Crippen molar-refractivity contribution in [3.05, 3.63) is 0 Å². The Balaban J connectivity index is 2.28. The molecule has 1 aliphatic heterocycles. The van der Waals surface area contributed by atoms with Crippen LogP contribution >= 0.6 is 0 Å². The van der Waals surface area contributed by atoms with E-state index in [-0.39, 0.29) is 11.9 Å². The van der Waals surface area contributed by atoms with Crippen molar-refractivity contribution in [2.24, 2.45) is 5.73 Å². The van der Waals surface area contributed by atoms with Gasteiger partial charge in [0, 0.05) is 26.2 Å². The van der Waals surface area contributed by atoms with Gasteiger partial charge in [0.05, 0.1) is 13.0 Å². The summed E-state index contributed by atoms with van der Waals surface area (Å²) in [5.74, 6) is 0.164. The molecule has 1 atom stereocenters. The van der Waals surface area contributed by atoms with E-state index < -0.39 is 0 Å². The number of hydrogen-bond acceptors (Lipinski definition) is 3. The molecule has 4 nitrogen and oxygen atoms in total. The van der Waals surface area contributed by atoms with Gasteiger partial charge in [0.15, 0.2) is 0 Å². The summed E-state index contributed by atoms with van der Waals surface area (Å²) in [5.41, 5.74) is 5.77. The van der Waals surface area contributed by atoms with E-state index in [9.17, 15) is 4.79 Å². The Morgan fingerprint density at radius 3 is 3.08 bits per heavy atom. The van der Waals surface area contributed by atoms with Crippen molar-refractivity contribution in [3.63, 3.8) is 0 Å². The number of amides is 1. The molecule has 1 amide bonds. The van der Waals surface area contributed by atoms with Crippen LogP contribution in [0.4, 0.5) is 0 Å². The third-order valence-corrected chi connectivity index (χ3v) is 2.33. The van der Waals surface area contributed by atoms with Crippen LogP contribution in [0.3, 0.4) is 0 Å². The van der Waals surface area contributed by atoms with Crippen LogP contribution in [0.1, 0.15) is 19.3 Å². The Hall–Kier alpha value is -0.610. The van der Waals surface area contributed by atoms with E-state index in [1.165, 1.54) is 0 Å². The second-order valence-corrected chi connectivity index (χ2v) is 3.48. The van der Waals surface area contributed by atoms with Crippen LogP contribution in [0.5, 0.6) is 0 Å². The van der Waals surface area contributed by atoms with Crippen LogP contribution in [-0.2, 0) is 9.53 Å². The monoisotopic (exact) mass is 186 g/mol. The predicted molar refractivity (Wildman–Crippen MR) is 50.3 cm³/mol. The molecule has 1 heterocycles. The fourth-order valence-electron chi connectivity index (χ4n) is 1.58. The van der Waals surface area contributed by atoms with Crippen molar-refractivity contribution >= 4 is 5.91 Å². The fraction of sp³-hybridized carbons (Fsp3) is 0.889. The second kappa shape index (κ2) is 5.19. The molecule has 1 rings (SSSR count). The van der Waals surface area contributed by atoms with E-state index in [2.05, 4.69) is 0 Å². The standard InChI is InChI=1S/C9H18N2O2/c1-13-6-4-9(12)11-5-2-3-8(10)7-11/h8H,2-7,10H2,1H3. The second-order valence-electron chi connectivity index (χ2n) is 3.48. The zero-order chi connectivity index (χ0) is 9.68. The predicted octanol–water partition coefficient (Wildman–Crippen LogP) is -0.0274. The van der Waals surface area contributed by atoms with Gasteiger partial charge in [-0.25, -0.2) is 0 Å². The van der Waals surface area contributed by atoms with Crippen molar-refractivity contribution in [2.75, 3.05) is 26.8 Å². The summed E-state index contributed by atoms with van der Waals surface area (Å²) in [6.07, 6.45) is 2.54. The minimum Gasteiger partial charge on any atom is -0.384 e. The summed E-state index contributed by atoms with van der Waals surface area (Å²) >= 11 is 0. The van der Waals surface area contributed by atoms with E-state index in [1.807, 2.05) is 4.90 Å². The molecule has 1 fully saturated rings. The lowest BCUT2D eigenvalue weighted by Crippen LogP contribution is -2.45. The molecule has 0 aromatic rings. The van der Waals surface area contributed by atoms with Gasteiger partial charge < -0.3 is 15.4 Å². The van der Waals surface area contributed by atoms with Crippen LogP contribution in [0.25, 0.3) is 0 Å². The first-order chi connectivity index (χ1) is 6.24. The molecule has 0 radical (unpaired) electrons. The topological polar surface area (TPSA) is 55.6 Å². The molecule has 0 aromatic carbocycles. The fourth-order valence-corrected chi connectivity index (χ4v) is 1.58. The van der Waals surface area contributed by atoms with Gasteiger partial charge in [0.1, 0.15) is 0 Å². The Kier molecular flexibility index (Phi) is 4.18. The molecule has 0 bridgehead atoms. The molecule has 2 N–H and O–H groups in total. The van der Waals surface area contributed by atoms with Gasteiger partial charge in [-0.2, -0.15) is 0 Å². The van der Waals surface area contributed by atoms with Crippen molar-refractivity contribution < 1.29 is 9.53 Å². The zero-order valence-electron chi connectivity index (χ0n) is 8.16. The van der Waals surface area contributed by atoms with Crippen LogP contribution < -0.4 is 5.73 Å². The highest BCUT2D eigenvalue weighted by Crippen LogP contribution is 2.09. The molecule has 0 saturated carbocycles. The molecule has 76 valence electrons. The lowest BCUT2D eigenvalue weighted by Gasteiger charge is -2.30. The molecule has 0 aromatic heterocycles. The molecule has 1 aliphatic rings. The maximum Gasteiger partial charge on any atom is 0.224 e. The van der Waals surface area contributed by atoms with Gasteiger partial charge in [-0.3, -0.25) is 4.79 Å². The average Bonchev–Trinajstić information content (AvgIpc) is 2.14. The highest BCUT2D eigenvalue weighted by Gasteiger charge is 2.20. The number of rotatable bonds is 3. The van der Waals surface area contributed by atoms with Gasteiger partial charge in [-0.05, 0) is 12.8 Å². The molecule has 1 saturated heterocycles. The average molecular weight is 186 g/mol. The molecule has 0 spiro atoms. The highest BCUT2D eigenvalue weighted by atomic mass is 16.5. The summed E-state index contributed by atoms with van der Waals surface area (Å²) in [6, 6.07) is 0.167. The van der Waals surface area contributed by atoms with Gasteiger partial charge in [-0.15, -0.1) is 0 Å². The minimum absolute atomic E-state index is 0.164. The number of hydrogen-bond donors (Lipinski definition) is 1. The molecular formula is C9H18N2O2. The SMILES string of the molecule is COCCC(=O)N1CCCC(N)C1. The van der Waals surface area contributed by atoms with Gasteiger partial charge in [-0.1, -0.05) is 0 Å². The van der Waals surface area contributed by atoms with Crippen molar-refractivity contribution in [1.82, 2.24) is 4.90 Å². The van der Waals surface area contributed by atoms with E-state index in [0.717, 1.165) is 19.4 Å². The third-order valence-electron chi connectivity index (χ3n) is 2.33. The Morgan fingerprint density at radius 1 is 1.69 bits per heavy atom. The van der Waals surface area contributed by atoms with Crippen molar-refractivity contribution in [3.8, 4) is 0 Å². The third kappa shape index (κ3) is 3.32. The molecular weight excluding hydrogens is 168 g/mol. The van der Waals surface area contributed by atoms with E-state index in [1.54, 1.807) is 7.11 Å². The number of nitrogens with two attached hydrogens (primary N) is 1. The number of nitrogens with zero attached hydrogens (tertiary/aromatic N) is 1. The normalized spacial score (nSPS) is 23.2. The number of carbonyl (C=O) groups excluding carboxylic acids is 1. The quantitative estimate of drug-likeness (QED) is 0.673. The number of likely N-dealkylation sites (tertiary alicyclic amines) is 1. The number of carbonyl (C=O) groups is 1. The van der Waals surface area contributed by atoms with Crippen LogP contribution in [0.15, 0.2) is 0 Å².